The predicted molar refractivity (Wildman–Crippen MR) is 71.0 cm³/mol. The van der Waals surface area contributed by atoms with Crippen LogP contribution in [0.1, 0.15) is 12.0 Å². The standard InChI is InChI=1S/C13H15BrO3/c1-5-6-7-9-8-10(14)12(16-3)13(17-4)11(9)15-2/h1,8H,6-7H2,2-4H3. The van der Waals surface area contributed by atoms with Crippen LogP contribution in [0, 0.1) is 12.3 Å². The van der Waals surface area contributed by atoms with E-state index in [1.807, 2.05) is 6.07 Å². The SMILES string of the molecule is C#CCCc1cc(Br)c(OC)c(OC)c1OC. The Bertz CT molecular complexity index is 435. The molecule has 1 aromatic carbocycles. The summed E-state index contributed by atoms with van der Waals surface area (Å²) in [7, 11) is 4.77. The highest BCUT2D eigenvalue weighted by molar-refractivity contribution is 9.10. The number of benzene rings is 1. The van der Waals surface area contributed by atoms with Gasteiger partial charge >= 0.3 is 0 Å². The van der Waals surface area contributed by atoms with Crippen molar-refractivity contribution in [2.24, 2.45) is 0 Å². The van der Waals surface area contributed by atoms with Crippen LogP contribution in [-0.4, -0.2) is 21.3 Å². The summed E-state index contributed by atoms with van der Waals surface area (Å²) in [6.45, 7) is 0. The van der Waals surface area contributed by atoms with Crippen molar-refractivity contribution < 1.29 is 14.2 Å². The lowest BCUT2D eigenvalue weighted by molar-refractivity contribution is 0.321. The highest BCUT2D eigenvalue weighted by Crippen LogP contribution is 2.45. The maximum Gasteiger partial charge on any atom is 0.204 e. The lowest BCUT2D eigenvalue weighted by Crippen LogP contribution is -2.00. The molecule has 0 radical (unpaired) electrons. The summed E-state index contributed by atoms with van der Waals surface area (Å²) in [5.74, 6) is 4.48. The molecule has 0 aromatic heterocycles. The average molecular weight is 299 g/mol. The van der Waals surface area contributed by atoms with Gasteiger partial charge in [0.05, 0.1) is 25.8 Å². The van der Waals surface area contributed by atoms with E-state index < -0.39 is 0 Å². The van der Waals surface area contributed by atoms with Gasteiger partial charge in [-0.3, -0.25) is 0 Å². The summed E-state index contributed by atoms with van der Waals surface area (Å²) >= 11 is 3.44. The van der Waals surface area contributed by atoms with Crippen LogP contribution < -0.4 is 14.2 Å². The van der Waals surface area contributed by atoms with E-state index in [4.69, 9.17) is 20.6 Å². The van der Waals surface area contributed by atoms with Crippen LogP contribution in [0.15, 0.2) is 10.5 Å². The number of halogens is 1. The molecule has 0 unspecified atom stereocenters. The zero-order valence-electron chi connectivity index (χ0n) is 10.2. The highest BCUT2D eigenvalue weighted by Gasteiger charge is 2.18. The van der Waals surface area contributed by atoms with E-state index in [1.165, 1.54) is 0 Å². The molecule has 0 bridgehead atoms. The lowest BCUT2D eigenvalue weighted by Gasteiger charge is -2.16. The number of hydrogen-bond acceptors (Lipinski definition) is 3. The van der Waals surface area contributed by atoms with Gasteiger partial charge in [-0.05, 0) is 28.4 Å². The zero-order valence-corrected chi connectivity index (χ0v) is 11.8. The number of methoxy groups -OCH3 is 3. The Hall–Kier alpha value is -1.34. The monoisotopic (exact) mass is 298 g/mol. The fraction of sp³-hybridized carbons (Fsp3) is 0.385. The minimum Gasteiger partial charge on any atom is -0.492 e. The Kier molecular flexibility index (Phi) is 5.17. The van der Waals surface area contributed by atoms with Gasteiger partial charge in [-0.15, -0.1) is 12.3 Å². The first kappa shape index (κ1) is 13.7. The maximum atomic E-state index is 5.37. The van der Waals surface area contributed by atoms with Crippen LogP contribution in [0.4, 0.5) is 0 Å². The molecule has 0 aliphatic carbocycles. The average Bonchev–Trinajstić information content (AvgIpc) is 2.35. The van der Waals surface area contributed by atoms with E-state index in [0.717, 1.165) is 16.5 Å². The Morgan fingerprint density at radius 1 is 1.12 bits per heavy atom. The van der Waals surface area contributed by atoms with Crippen molar-refractivity contribution in [3.8, 4) is 29.6 Å². The topological polar surface area (TPSA) is 27.7 Å². The van der Waals surface area contributed by atoms with E-state index >= 15 is 0 Å². The summed E-state index contributed by atoms with van der Waals surface area (Å²) in [6.07, 6.45) is 6.66. The molecule has 0 heterocycles. The molecule has 3 nitrogen and oxygen atoms in total. The largest absolute Gasteiger partial charge is 0.492 e. The quantitative estimate of drug-likeness (QED) is 0.782. The van der Waals surface area contributed by atoms with E-state index in [9.17, 15) is 0 Å². The van der Waals surface area contributed by atoms with Gasteiger partial charge in [0.25, 0.3) is 0 Å². The molecule has 0 spiro atoms. The van der Waals surface area contributed by atoms with E-state index in [2.05, 4.69) is 21.9 Å². The first-order valence-electron chi connectivity index (χ1n) is 5.10. The second-order valence-corrected chi connectivity index (χ2v) is 4.18. The molecule has 0 N–H and O–H groups in total. The number of rotatable bonds is 5. The normalized spacial score (nSPS) is 9.59. The molecule has 0 amide bonds. The third kappa shape index (κ3) is 2.86. The summed E-state index contributed by atoms with van der Waals surface area (Å²) < 4.78 is 16.8. The van der Waals surface area contributed by atoms with Gasteiger partial charge in [0.2, 0.25) is 5.75 Å². The zero-order chi connectivity index (χ0) is 12.8. The van der Waals surface area contributed by atoms with Crippen LogP contribution in [0.2, 0.25) is 0 Å². The van der Waals surface area contributed by atoms with Crippen LogP contribution in [-0.2, 0) is 6.42 Å². The fourth-order valence-electron chi connectivity index (χ4n) is 1.63. The van der Waals surface area contributed by atoms with Crippen LogP contribution in [0.3, 0.4) is 0 Å². The van der Waals surface area contributed by atoms with Crippen molar-refractivity contribution in [1.29, 1.82) is 0 Å². The number of ether oxygens (including phenoxy) is 3. The van der Waals surface area contributed by atoms with Gasteiger partial charge in [-0.1, -0.05) is 0 Å². The Balaban J connectivity index is 3.32. The van der Waals surface area contributed by atoms with Gasteiger partial charge in [0, 0.05) is 12.0 Å². The van der Waals surface area contributed by atoms with E-state index in [1.54, 1.807) is 21.3 Å². The molecule has 0 saturated carbocycles. The summed E-state index contributed by atoms with van der Waals surface area (Å²) in [6, 6.07) is 1.94. The van der Waals surface area contributed by atoms with Crippen LogP contribution in [0.5, 0.6) is 17.2 Å². The van der Waals surface area contributed by atoms with Crippen molar-refractivity contribution in [2.75, 3.05) is 21.3 Å². The van der Waals surface area contributed by atoms with Crippen molar-refractivity contribution >= 4 is 15.9 Å². The number of aryl methyl sites for hydroxylation is 1. The molecular formula is C13H15BrO3. The Morgan fingerprint density at radius 3 is 2.18 bits per heavy atom. The van der Waals surface area contributed by atoms with Crippen molar-refractivity contribution in [3.63, 3.8) is 0 Å². The molecule has 17 heavy (non-hydrogen) atoms. The molecule has 1 rings (SSSR count). The third-order valence-electron chi connectivity index (χ3n) is 2.37. The van der Waals surface area contributed by atoms with Gasteiger partial charge in [-0.25, -0.2) is 0 Å². The molecule has 0 aliphatic heterocycles. The summed E-state index contributed by atoms with van der Waals surface area (Å²) in [4.78, 5) is 0. The first-order chi connectivity index (χ1) is 8.19. The number of hydrogen-bond donors (Lipinski definition) is 0. The van der Waals surface area contributed by atoms with Gasteiger partial charge in [0.1, 0.15) is 0 Å². The maximum absolute atomic E-state index is 5.37. The molecule has 0 saturated heterocycles. The third-order valence-corrected chi connectivity index (χ3v) is 2.96. The molecule has 4 heteroatoms. The minimum absolute atomic E-state index is 0.580. The van der Waals surface area contributed by atoms with Crippen LogP contribution in [0.25, 0.3) is 0 Å². The summed E-state index contributed by atoms with van der Waals surface area (Å²) in [5, 5.41) is 0. The molecule has 1 aromatic rings. The predicted octanol–water partition coefficient (Wildman–Crippen LogP) is 3.04. The molecular weight excluding hydrogens is 284 g/mol. The molecule has 92 valence electrons. The second kappa shape index (κ2) is 6.41. The van der Waals surface area contributed by atoms with Gasteiger partial charge in [-0.2, -0.15) is 0 Å². The molecule has 0 aliphatic rings. The van der Waals surface area contributed by atoms with E-state index in [0.29, 0.717) is 23.7 Å². The van der Waals surface area contributed by atoms with Crippen molar-refractivity contribution in [2.45, 2.75) is 12.8 Å². The van der Waals surface area contributed by atoms with Crippen molar-refractivity contribution in [3.05, 3.63) is 16.1 Å². The second-order valence-electron chi connectivity index (χ2n) is 3.32. The van der Waals surface area contributed by atoms with Crippen molar-refractivity contribution in [1.82, 2.24) is 0 Å². The van der Waals surface area contributed by atoms with Gasteiger partial charge in [0.15, 0.2) is 11.5 Å². The first-order valence-corrected chi connectivity index (χ1v) is 5.89. The highest BCUT2D eigenvalue weighted by atomic mass is 79.9. The molecule has 0 fully saturated rings. The molecule has 0 atom stereocenters. The smallest absolute Gasteiger partial charge is 0.204 e. The Morgan fingerprint density at radius 2 is 1.71 bits per heavy atom. The van der Waals surface area contributed by atoms with Gasteiger partial charge < -0.3 is 14.2 Å². The minimum atomic E-state index is 0.580. The lowest BCUT2D eigenvalue weighted by atomic mass is 10.1. The number of terminal acetylenes is 1. The Labute approximate surface area is 110 Å². The summed E-state index contributed by atoms with van der Waals surface area (Å²) in [5.41, 5.74) is 0.995. The van der Waals surface area contributed by atoms with E-state index in [-0.39, 0.29) is 0 Å². The van der Waals surface area contributed by atoms with Crippen LogP contribution >= 0.6 is 15.9 Å². The fourth-order valence-corrected chi connectivity index (χ4v) is 2.25.